The summed E-state index contributed by atoms with van der Waals surface area (Å²) in [6.07, 6.45) is 1.76. The summed E-state index contributed by atoms with van der Waals surface area (Å²) in [5, 5.41) is 9.04. The van der Waals surface area contributed by atoms with Gasteiger partial charge in [-0.3, -0.25) is 4.79 Å². The molecule has 0 radical (unpaired) electrons. The predicted molar refractivity (Wildman–Crippen MR) is 78.9 cm³/mol. The number of ether oxygens (including phenoxy) is 1. The molecule has 0 fully saturated rings. The number of rotatable bonds is 5. The molecule has 1 aromatic rings. The van der Waals surface area contributed by atoms with E-state index in [2.05, 4.69) is 0 Å². The Hall–Kier alpha value is -1.75. The third-order valence-corrected chi connectivity index (χ3v) is 3.90. The van der Waals surface area contributed by atoms with Crippen molar-refractivity contribution in [1.29, 1.82) is 0 Å². The van der Waals surface area contributed by atoms with E-state index in [4.69, 9.17) is 15.6 Å². The Morgan fingerprint density at radius 3 is 2.65 bits per heavy atom. The second-order valence-electron chi connectivity index (χ2n) is 5.06. The van der Waals surface area contributed by atoms with E-state index in [1.165, 1.54) is 0 Å². The highest BCUT2D eigenvalue weighted by Gasteiger charge is 2.45. The minimum absolute atomic E-state index is 0.0472. The molecule has 0 saturated heterocycles. The first-order valence-corrected chi connectivity index (χ1v) is 7.09. The van der Waals surface area contributed by atoms with Gasteiger partial charge in [0.1, 0.15) is 5.75 Å². The van der Waals surface area contributed by atoms with Crippen LogP contribution < -0.4 is 15.4 Å². The lowest BCUT2D eigenvalue weighted by Crippen LogP contribution is -2.55. The van der Waals surface area contributed by atoms with Gasteiger partial charge < -0.3 is 20.5 Å². The third kappa shape index (κ3) is 2.33. The van der Waals surface area contributed by atoms with Gasteiger partial charge in [0, 0.05) is 18.8 Å². The van der Waals surface area contributed by atoms with Crippen molar-refractivity contribution >= 4 is 17.3 Å². The number of hydrogen-bond donors (Lipinski definition) is 2. The molecule has 0 unspecified atom stereocenters. The number of aliphatic hydroxyl groups excluding tert-OH is 1. The van der Waals surface area contributed by atoms with Gasteiger partial charge in [0.25, 0.3) is 5.91 Å². The number of anilines is 2. The van der Waals surface area contributed by atoms with E-state index in [1.54, 1.807) is 17.0 Å². The van der Waals surface area contributed by atoms with Gasteiger partial charge in [-0.2, -0.15) is 0 Å². The molecule has 3 N–H and O–H groups in total. The first-order valence-electron chi connectivity index (χ1n) is 7.09. The molecule has 0 atom stereocenters. The Morgan fingerprint density at radius 2 is 2.05 bits per heavy atom. The van der Waals surface area contributed by atoms with Crippen LogP contribution in [0.25, 0.3) is 0 Å². The maximum atomic E-state index is 12.8. The van der Waals surface area contributed by atoms with Crippen molar-refractivity contribution < 1.29 is 14.6 Å². The molecule has 0 aliphatic carbocycles. The summed E-state index contributed by atoms with van der Waals surface area (Å²) < 4.78 is 5.99. The average molecular weight is 278 g/mol. The molecule has 0 bridgehead atoms. The summed E-state index contributed by atoms with van der Waals surface area (Å²) in [4.78, 5) is 14.5. The normalized spacial score (nSPS) is 16.8. The van der Waals surface area contributed by atoms with Crippen LogP contribution in [0.15, 0.2) is 18.2 Å². The Morgan fingerprint density at radius 1 is 1.35 bits per heavy atom. The van der Waals surface area contributed by atoms with Crippen LogP contribution in [0.5, 0.6) is 5.75 Å². The Balaban J connectivity index is 2.47. The zero-order chi connectivity index (χ0) is 14.8. The molecule has 1 amide bonds. The summed E-state index contributed by atoms with van der Waals surface area (Å²) in [5.74, 6) is 0.634. The highest BCUT2D eigenvalue weighted by molar-refractivity contribution is 6.03. The molecule has 5 nitrogen and oxygen atoms in total. The van der Waals surface area contributed by atoms with Crippen LogP contribution in [-0.2, 0) is 4.79 Å². The van der Waals surface area contributed by atoms with Gasteiger partial charge in [0.2, 0.25) is 0 Å². The smallest absolute Gasteiger partial charge is 0.271 e. The molecule has 1 heterocycles. The summed E-state index contributed by atoms with van der Waals surface area (Å²) in [6.45, 7) is 4.42. The lowest BCUT2D eigenvalue weighted by molar-refractivity contribution is -0.136. The number of nitrogens with two attached hydrogens (primary N) is 1. The maximum Gasteiger partial charge on any atom is 0.271 e. The van der Waals surface area contributed by atoms with Crippen molar-refractivity contribution in [3.63, 3.8) is 0 Å². The van der Waals surface area contributed by atoms with Gasteiger partial charge >= 0.3 is 0 Å². The summed E-state index contributed by atoms with van der Waals surface area (Å²) in [7, 11) is 0. The number of nitrogen functional groups attached to an aromatic ring is 1. The van der Waals surface area contributed by atoms with Gasteiger partial charge in [-0.25, -0.2) is 0 Å². The number of fused-ring (bicyclic) bond motifs is 1. The Labute approximate surface area is 119 Å². The van der Waals surface area contributed by atoms with Crippen LogP contribution >= 0.6 is 0 Å². The number of hydrogen-bond acceptors (Lipinski definition) is 4. The van der Waals surface area contributed by atoms with E-state index >= 15 is 0 Å². The molecule has 20 heavy (non-hydrogen) atoms. The van der Waals surface area contributed by atoms with E-state index in [9.17, 15) is 4.79 Å². The lowest BCUT2D eigenvalue weighted by atomic mass is 9.92. The SMILES string of the molecule is CCC1(CC)Oc2ccc(N)cc2N(CCCO)C1=O. The standard InChI is InChI=1S/C15H22N2O3/c1-3-15(4-2)14(19)17(8-5-9-18)12-10-11(16)6-7-13(12)20-15/h6-7,10,18H,3-5,8-9,16H2,1-2H3. The highest BCUT2D eigenvalue weighted by atomic mass is 16.5. The van der Waals surface area contributed by atoms with Crippen LogP contribution in [0.4, 0.5) is 11.4 Å². The summed E-state index contributed by atoms with van der Waals surface area (Å²) in [6, 6.07) is 5.33. The molecule has 1 aliphatic rings. The van der Waals surface area contributed by atoms with E-state index in [0.29, 0.717) is 42.9 Å². The zero-order valence-corrected chi connectivity index (χ0v) is 12.1. The number of benzene rings is 1. The molecule has 0 saturated carbocycles. The number of carbonyl (C=O) groups excluding carboxylic acids is 1. The monoisotopic (exact) mass is 278 g/mol. The molecular formula is C15H22N2O3. The van der Waals surface area contributed by atoms with Gasteiger partial charge in [-0.1, -0.05) is 13.8 Å². The fourth-order valence-electron chi connectivity index (χ4n) is 2.59. The zero-order valence-electron chi connectivity index (χ0n) is 12.1. The first kappa shape index (κ1) is 14.7. The molecule has 0 spiro atoms. The van der Waals surface area contributed by atoms with Gasteiger partial charge in [0.15, 0.2) is 5.60 Å². The number of carbonyl (C=O) groups is 1. The second-order valence-corrected chi connectivity index (χ2v) is 5.06. The molecule has 2 rings (SSSR count). The van der Waals surface area contributed by atoms with Gasteiger partial charge in [0.05, 0.1) is 5.69 Å². The topological polar surface area (TPSA) is 75.8 Å². The minimum atomic E-state index is -0.807. The summed E-state index contributed by atoms with van der Waals surface area (Å²) >= 11 is 0. The fourth-order valence-corrected chi connectivity index (χ4v) is 2.59. The second kappa shape index (κ2) is 5.71. The number of nitrogens with zero attached hydrogens (tertiary/aromatic N) is 1. The van der Waals surface area contributed by atoms with Crippen molar-refractivity contribution in [1.82, 2.24) is 0 Å². The average Bonchev–Trinajstić information content (AvgIpc) is 2.46. The van der Waals surface area contributed by atoms with Crippen LogP contribution in [0.1, 0.15) is 33.1 Å². The maximum absolute atomic E-state index is 12.8. The van der Waals surface area contributed by atoms with Crippen molar-refractivity contribution in [2.45, 2.75) is 38.7 Å². The fraction of sp³-hybridized carbons (Fsp3) is 0.533. The van der Waals surface area contributed by atoms with Crippen molar-refractivity contribution in [2.24, 2.45) is 0 Å². The number of aliphatic hydroxyl groups is 1. The van der Waals surface area contributed by atoms with Crippen LogP contribution in [0.2, 0.25) is 0 Å². The van der Waals surface area contributed by atoms with Crippen LogP contribution in [0, 0.1) is 0 Å². The van der Waals surface area contributed by atoms with Gasteiger partial charge in [-0.15, -0.1) is 0 Å². The van der Waals surface area contributed by atoms with E-state index < -0.39 is 5.60 Å². The van der Waals surface area contributed by atoms with E-state index in [1.807, 2.05) is 19.9 Å². The molecule has 5 heteroatoms. The van der Waals surface area contributed by atoms with Crippen LogP contribution in [-0.4, -0.2) is 29.8 Å². The van der Waals surface area contributed by atoms with E-state index in [-0.39, 0.29) is 12.5 Å². The molecule has 110 valence electrons. The largest absolute Gasteiger partial charge is 0.475 e. The van der Waals surface area contributed by atoms with Crippen molar-refractivity contribution in [3.05, 3.63) is 18.2 Å². The third-order valence-electron chi connectivity index (χ3n) is 3.90. The molecular weight excluding hydrogens is 256 g/mol. The Kier molecular flexibility index (Phi) is 4.18. The quantitative estimate of drug-likeness (QED) is 0.807. The highest BCUT2D eigenvalue weighted by Crippen LogP contribution is 2.41. The van der Waals surface area contributed by atoms with Crippen molar-refractivity contribution in [3.8, 4) is 5.75 Å². The number of amides is 1. The Bertz CT molecular complexity index is 498. The van der Waals surface area contributed by atoms with Crippen molar-refractivity contribution in [2.75, 3.05) is 23.8 Å². The molecule has 0 aromatic heterocycles. The van der Waals surface area contributed by atoms with E-state index in [0.717, 1.165) is 0 Å². The predicted octanol–water partition coefficient (Wildman–Crippen LogP) is 1.94. The van der Waals surface area contributed by atoms with Gasteiger partial charge in [-0.05, 0) is 37.5 Å². The first-order chi connectivity index (χ1) is 9.57. The molecule has 1 aliphatic heterocycles. The summed E-state index contributed by atoms with van der Waals surface area (Å²) in [5.41, 5.74) is 6.29. The lowest BCUT2D eigenvalue weighted by Gasteiger charge is -2.42. The minimum Gasteiger partial charge on any atom is -0.475 e. The molecule has 1 aromatic carbocycles. The van der Waals surface area contributed by atoms with Crippen LogP contribution in [0.3, 0.4) is 0 Å².